The van der Waals surface area contributed by atoms with Gasteiger partial charge in [-0.05, 0) is 26.0 Å². The number of pyridine rings is 2. The Balaban J connectivity index is 1.66. The Morgan fingerprint density at radius 1 is 1.00 bits per heavy atom. The maximum absolute atomic E-state index is 13.7. The topological polar surface area (TPSA) is 67.4 Å². The summed E-state index contributed by atoms with van der Waals surface area (Å²) < 4.78 is 5.77. The zero-order valence-electron chi connectivity index (χ0n) is 20.4. The van der Waals surface area contributed by atoms with Gasteiger partial charge in [-0.2, -0.15) is 0 Å². The highest BCUT2D eigenvalue weighted by molar-refractivity contribution is 6.44. The molecular weight excluding hydrogens is 531 g/mol. The number of hydrogen-bond donors (Lipinski definition) is 1. The van der Waals surface area contributed by atoms with Gasteiger partial charge in [0.15, 0.2) is 0 Å². The summed E-state index contributed by atoms with van der Waals surface area (Å²) in [5.74, 6) is 0.566. The molecule has 190 valence electrons. The molecule has 6 nitrogen and oxygen atoms in total. The number of aromatic nitrogens is 2. The van der Waals surface area contributed by atoms with Crippen LogP contribution in [0.4, 0.5) is 5.69 Å². The van der Waals surface area contributed by atoms with E-state index in [0.29, 0.717) is 74.6 Å². The average Bonchev–Trinajstić information content (AvgIpc) is 2.91. The number of benzene rings is 2. The molecule has 1 atom stereocenters. The van der Waals surface area contributed by atoms with Gasteiger partial charge in [-0.3, -0.25) is 14.8 Å². The van der Waals surface area contributed by atoms with Gasteiger partial charge in [0, 0.05) is 48.6 Å². The predicted molar refractivity (Wildman–Crippen MR) is 150 cm³/mol. The van der Waals surface area contributed by atoms with Crippen molar-refractivity contribution in [1.29, 1.82) is 0 Å². The Hall–Kier alpha value is -3.06. The van der Waals surface area contributed by atoms with Crippen molar-refractivity contribution in [1.82, 2.24) is 15.3 Å². The van der Waals surface area contributed by atoms with Crippen LogP contribution in [0.3, 0.4) is 0 Å². The van der Waals surface area contributed by atoms with Gasteiger partial charge in [0.05, 0.1) is 39.0 Å². The molecule has 1 amide bonds. The second-order valence-corrected chi connectivity index (χ2v) is 9.87. The first-order chi connectivity index (χ1) is 17.9. The molecule has 0 bridgehead atoms. The van der Waals surface area contributed by atoms with E-state index in [0.717, 1.165) is 11.3 Å². The van der Waals surface area contributed by atoms with Crippen molar-refractivity contribution in [3.8, 4) is 16.9 Å². The van der Waals surface area contributed by atoms with Crippen LogP contribution in [0.5, 0.6) is 5.75 Å². The third-order valence-corrected chi connectivity index (χ3v) is 7.72. The molecule has 1 aliphatic rings. The van der Waals surface area contributed by atoms with Crippen LogP contribution in [0.1, 0.15) is 42.2 Å². The maximum atomic E-state index is 13.7. The number of para-hydroxylation sites is 1. The Morgan fingerprint density at radius 3 is 2.54 bits per heavy atom. The number of amides is 1. The summed E-state index contributed by atoms with van der Waals surface area (Å²) in [5, 5.41) is 4.38. The molecule has 0 fully saturated rings. The van der Waals surface area contributed by atoms with Crippen molar-refractivity contribution in [2.75, 3.05) is 24.6 Å². The van der Waals surface area contributed by atoms with Crippen LogP contribution in [0, 0.1) is 0 Å². The largest absolute Gasteiger partial charge is 0.493 e. The van der Waals surface area contributed by atoms with E-state index < -0.39 is 0 Å². The molecule has 3 heterocycles. The summed E-state index contributed by atoms with van der Waals surface area (Å²) >= 11 is 19.5. The fourth-order valence-corrected chi connectivity index (χ4v) is 5.44. The predicted octanol–water partition coefficient (Wildman–Crippen LogP) is 7.36. The molecule has 0 spiro atoms. The van der Waals surface area contributed by atoms with Crippen molar-refractivity contribution in [3.63, 3.8) is 0 Å². The van der Waals surface area contributed by atoms with Crippen LogP contribution in [0.15, 0.2) is 54.9 Å². The normalized spacial score (nSPS) is 14.7. The zero-order chi connectivity index (χ0) is 26.1. The van der Waals surface area contributed by atoms with Gasteiger partial charge < -0.3 is 15.0 Å². The lowest BCUT2D eigenvalue weighted by molar-refractivity contribution is 0.0925. The Morgan fingerprint density at radius 2 is 1.76 bits per heavy atom. The standard InChI is InChI=1S/C28H25Cl3N4O2/c1-3-35(4-2)27-18(28(36)34-21-12-13-37-22-11-6-5-8-16(21)22)14-32-25-23(20(30)15-33-26(25)27)17-9-7-10-19(29)24(17)31/h5-11,14-15,21H,3-4,12-13H2,1-2H3,(H,34,36)/t21-/m0/s1. The van der Waals surface area contributed by atoms with E-state index in [1.165, 1.54) is 0 Å². The van der Waals surface area contributed by atoms with Crippen molar-refractivity contribution in [2.45, 2.75) is 26.3 Å². The fourth-order valence-electron chi connectivity index (χ4n) is 4.80. The molecule has 2 aromatic carbocycles. The second kappa shape index (κ2) is 10.7. The van der Waals surface area contributed by atoms with Crippen LogP contribution in [0.2, 0.25) is 15.1 Å². The van der Waals surface area contributed by atoms with Gasteiger partial charge >= 0.3 is 0 Å². The van der Waals surface area contributed by atoms with E-state index in [9.17, 15) is 4.79 Å². The minimum atomic E-state index is -0.225. The Kier molecular flexibility index (Phi) is 7.43. The number of nitrogens with zero attached hydrogens (tertiary/aromatic N) is 3. The number of fused-ring (bicyclic) bond motifs is 2. The van der Waals surface area contributed by atoms with Gasteiger partial charge in [-0.25, -0.2) is 0 Å². The number of carbonyl (C=O) groups excluding carboxylic acids is 1. The molecular formula is C28H25Cl3N4O2. The number of rotatable bonds is 6. The number of anilines is 1. The molecule has 0 saturated carbocycles. The minimum absolute atomic E-state index is 0.170. The molecule has 37 heavy (non-hydrogen) atoms. The molecule has 1 N–H and O–H groups in total. The molecule has 1 aliphatic heterocycles. The lowest BCUT2D eigenvalue weighted by atomic mass is 9.99. The molecule has 0 radical (unpaired) electrons. The summed E-state index contributed by atoms with van der Waals surface area (Å²) in [6, 6.07) is 13.0. The van der Waals surface area contributed by atoms with E-state index in [1.54, 1.807) is 18.5 Å². The Labute approximate surface area is 230 Å². The number of halogens is 3. The SMILES string of the molecule is CCN(CC)c1c(C(=O)N[C@H]2CCOc3ccccc32)cnc2c(-c3cccc(Cl)c3Cl)c(Cl)cnc12. The number of ether oxygens (including phenoxy) is 1. The number of hydrogen-bond acceptors (Lipinski definition) is 5. The highest BCUT2D eigenvalue weighted by Crippen LogP contribution is 2.42. The monoisotopic (exact) mass is 554 g/mol. The van der Waals surface area contributed by atoms with Crippen molar-refractivity contribution >= 4 is 57.4 Å². The van der Waals surface area contributed by atoms with Crippen LogP contribution in [0.25, 0.3) is 22.2 Å². The first kappa shape index (κ1) is 25.6. The lowest BCUT2D eigenvalue weighted by Gasteiger charge is -2.28. The summed E-state index contributed by atoms with van der Waals surface area (Å²) in [5.41, 5.74) is 4.49. The lowest BCUT2D eigenvalue weighted by Crippen LogP contribution is -2.34. The van der Waals surface area contributed by atoms with Gasteiger partial charge in [0.2, 0.25) is 0 Å². The molecule has 9 heteroatoms. The quantitative estimate of drug-likeness (QED) is 0.269. The fraction of sp³-hybridized carbons (Fsp3) is 0.250. The average molecular weight is 556 g/mol. The first-order valence-corrected chi connectivity index (χ1v) is 13.3. The number of nitrogens with one attached hydrogen (secondary N) is 1. The third kappa shape index (κ3) is 4.70. The van der Waals surface area contributed by atoms with E-state index >= 15 is 0 Å². The minimum Gasteiger partial charge on any atom is -0.493 e. The first-order valence-electron chi connectivity index (χ1n) is 12.1. The second-order valence-electron chi connectivity index (χ2n) is 8.67. The zero-order valence-corrected chi connectivity index (χ0v) is 22.7. The highest BCUT2D eigenvalue weighted by atomic mass is 35.5. The van der Waals surface area contributed by atoms with Gasteiger partial charge in [0.25, 0.3) is 5.91 Å². The third-order valence-electron chi connectivity index (χ3n) is 6.62. The molecule has 4 aromatic rings. The molecule has 0 unspecified atom stereocenters. The molecule has 0 aliphatic carbocycles. The highest BCUT2D eigenvalue weighted by Gasteiger charge is 2.27. The van der Waals surface area contributed by atoms with Crippen molar-refractivity contribution in [3.05, 3.63) is 81.1 Å². The van der Waals surface area contributed by atoms with Crippen LogP contribution >= 0.6 is 34.8 Å². The Bertz CT molecular complexity index is 1490. The maximum Gasteiger partial charge on any atom is 0.255 e. The van der Waals surface area contributed by atoms with Crippen molar-refractivity contribution < 1.29 is 9.53 Å². The van der Waals surface area contributed by atoms with E-state index in [2.05, 4.69) is 15.2 Å². The van der Waals surface area contributed by atoms with Crippen LogP contribution in [-0.2, 0) is 0 Å². The van der Waals surface area contributed by atoms with Crippen LogP contribution < -0.4 is 15.0 Å². The van der Waals surface area contributed by atoms with Crippen LogP contribution in [-0.4, -0.2) is 35.6 Å². The summed E-state index contributed by atoms with van der Waals surface area (Å²) in [7, 11) is 0. The van der Waals surface area contributed by atoms with Gasteiger partial charge in [0.1, 0.15) is 16.8 Å². The van der Waals surface area contributed by atoms with Gasteiger partial charge in [-0.15, -0.1) is 0 Å². The van der Waals surface area contributed by atoms with E-state index in [-0.39, 0.29) is 11.9 Å². The molecule has 0 saturated heterocycles. The van der Waals surface area contributed by atoms with E-state index in [4.69, 9.17) is 44.5 Å². The number of carbonyl (C=O) groups is 1. The summed E-state index contributed by atoms with van der Waals surface area (Å²) in [4.78, 5) is 25.2. The molecule has 2 aromatic heterocycles. The van der Waals surface area contributed by atoms with E-state index in [1.807, 2.05) is 50.2 Å². The summed E-state index contributed by atoms with van der Waals surface area (Å²) in [6.45, 7) is 5.96. The van der Waals surface area contributed by atoms with Crippen molar-refractivity contribution in [2.24, 2.45) is 0 Å². The van der Waals surface area contributed by atoms with Gasteiger partial charge in [-0.1, -0.05) is 65.1 Å². The summed E-state index contributed by atoms with van der Waals surface area (Å²) in [6.07, 6.45) is 3.84. The molecule has 5 rings (SSSR count). The smallest absolute Gasteiger partial charge is 0.255 e.